The van der Waals surface area contributed by atoms with Gasteiger partial charge in [0, 0.05) is 19.1 Å². The average Bonchev–Trinajstić information content (AvgIpc) is 3.26. The number of amides is 1. The number of hydrogen-bond donors (Lipinski definition) is 1. The third kappa shape index (κ3) is 6.99. The minimum atomic E-state index is -0.317. The van der Waals surface area contributed by atoms with Gasteiger partial charge in [0.15, 0.2) is 5.69 Å². The van der Waals surface area contributed by atoms with E-state index < -0.39 is 0 Å². The monoisotopic (exact) mass is 451 g/mol. The first-order valence-electron chi connectivity index (χ1n) is 11.5. The number of oxazole rings is 1. The molecule has 0 bridgehead atoms. The molecule has 5 nitrogen and oxygen atoms in total. The molecule has 6 heteroatoms. The SMILES string of the molecule is CC[C@H](C)N(Cc1ccc(C(C)(C)C)cc1)Cc1nc(C(=O)NCc2ccc(F)cc2)co1. The summed E-state index contributed by atoms with van der Waals surface area (Å²) in [7, 11) is 0. The van der Waals surface area contributed by atoms with Crippen molar-refractivity contribution < 1.29 is 13.6 Å². The molecule has 0 saturated carbocycles. The molecule has 0 aliphatic carbocycles. The summed E-state index contributed by atoms with van der Waals surface area (Å²) >= 11 is 0. The molecular formula is C27H34FN3O2. The molecule has 1 heterocycles. The van der Waals surface area contributed by atoms with Crippen molar-refractivity contribution in [3.8, 4) is 0 Å². The van der Waals surface area contributed by atoms with Gasteiger partial charge in [0.1, 0.15) is 12.1 Å². The van der Waals surface area contributed by atoms with E-state index >= 15 is 0 Å². The van der Waals surface area contributed by atoms with E-state index in [4.69, 9.17) is 4.42 Å². The maximum absolute atomic E-state index is 13.0. The first kappa shape index (κ1) is 24.6. The minimum absolute atomic E-state index is 0.126. The number of rotatable bonds is 9. The molecule has 3 aromatic rings. The van der Waals surface area contributed by atoms with Gasteiger partial charge in [-0.1, -0.05) is 64.1 Å². The molecule has 0 aliphatic rings. The Labute approximate surface area is 196 Å². The fourth-order valence-electron chi connectivity index (χ4n) is 3.51. The van der Waals surface area contributed by atoms with Crippen molar-refractivity contribution in [2.45, 2.75) is 72.1 Å². The highest BCUT2D eigenvalue weighted by Crippen LogP contribution is 2.23. The standard InChI is InChI=1S/C27H34FN3O2/c1-6-19(2)31(16-21-7-11-22(12-8-21)27(3,4)5)17-25-30-24(18-33-25)26(32)29-15-20-9-13-23(28)14-10-20/h7-14,18-19H,6,15-17H2,1-5H3,(H,29,32)/t19-/m0/s1. The van der Waals surface area contributed by atoms with Crippen LogP contribution in [0.25, 0.3) is 0 Å². The molecule has 0 saturated heterocycles. The second-order valence-corrected chi connectivity index (χ2v) is 9.54. The van der Waals surface area contributed by atoms with Gasteiger partial charge < -0.3 is 9.73 Å². The molecule has 176 valence electrons. The van der Waals surface area contributed by atoms with E-state index in [1.807, 2.05) is 0 Å². The van der Waals surface area contributed by atoms with Crippen LogP contribution in [-0.4, -0.2) is 21.8 Å². The van der Waals surface area contributed by atoms with Crippen molar-refractivity contribution >= 4 is 5.91 Å². The number of nitrogens with one attached hydrogen (secondary N) is 1. The zero-order chi connectivity index (χ0) is 24.0. The van der Waals surface area contributed by atoms with E-state index in [1.165, 1.54) is 29.5 Å². The molecule has 33 heavy (non-hydrogen) atoms. The zero-order valence-electron chi connectivity index (χ0n) is 20.2. The van der Waals surface area contributed by atoms with Gasteiger partial charge in [-0.2, -0.15) is 0 Å². The normalized spacial score (nSPS) is 12.7. The summed E-state index contributed by atoms with van der Waals surface area (Å²) in [4.78, 5) is 19.2. The Kier molecular flexibility index (Phi) is 8.03. The van der Waals surface area contributed by atoms with Crippen molar-refractivity contribution in [2.75, 3.05) is 0 Å². The molecule has 1 N–H and O–H groups in total. The average molecular weight is 452 g/mol. The molecule has 1 aromatic heterocycles. The van der Waals surface area contributed by atoms with Crippen LogP contribution in [0.1, 0.15) is 74.1 Å². The topological polar surface area (TPSA) is 58.4 Å². The van der Waals surface area contributed by atoms with Crippen LogP contribution in [0.5, 0.6) is 0 Å². The summed E-state index contributed by atoms with van der Waals surface area (Å²) in [6.07, 6.45) is 2.38. The van der Waals surface area contributed by atoms with Crippen LogP contribution in [0.3, 0.4) is 0 Å². The molecule has 0 unspecified atom stereocenters. The van der Waals surface area contributed by atoms with Gasteiger partial charge in [-0.05, 0) is 47.6 Å². The highest BCUT2D eigenvalue weighted by atomic mass is 19.1. The Morgan fingerprint density at radius 1 is 1.06 bits per heavy atom. The van der Waals surface area contributed by atoms with E-state index in [0.717, 1.165) is 18.5 Å². The van der Waals surface area contributed by atoms with Gasteiger partial charge in [-0.3, -0.25) is 9.69 Å². The predicted molar refractivity (Wildman–Crippen MR) is 128 cm³/mol. The van der Waals surface area contributed by atoms with Gasteiger partial charge in [0.25, 0.3) is 5.91 Å². The summed E-state index contributed by atoms with van der Waals surface area (Å²) in [6, 6.07) is 15.1. The highest BCUT2D eigenvalue weighted by molar-refractivity contribution is 5.91. The van der Waals surface area contributed by atoms with Crippen molar-refractivity contribution in [3.05, 3.63) is 88.9 Å². The second-order valence-electron chi connectivity index (χ2n) is 9.54. The van der Waals surface area contributed by atoms with Crippen LogP contribution in [0.4, 0.5) is 4.39 Å². The third-order valence-electron chi connectivity index (χ3n) is 5.91. The van der Waals surface area contributed by atoms with E-state index in [1.54, 1.807) is 12.1 Å². The first-order chi connectivity index (χ1) is 15.7. The molecule has 0 fully saturated rings. The third-order valence-corrected chi connectivity index (χ3v) is 5.91. The van der Waals surface area contributed by atoms with Crippen molar-refractivity contribution in [2.24, 2.45) is 0 Å². The predicted octanol–water partition coefficient (Wildman–Crippen LogP) is 5.84. The lowest BCUT2D eigenvalue weighted by molar-refractivity contribution is 0.0945. The van der Waals surface area contributed by atoms with Gasteiger partial charge >= 0.3 is 0 Å². The fourth-order valence-corrected chi connectivity index (χ4v) is 3.51. The lowest BCUT2D eigenvalue weighted by atomic mass is 9.87. The quantitative estimate of drug-likeness (QED) is 0.444. The summed E-state index contributed by atoms with van der Waals surface area (Å²) in [5, 5.41) is 2.79. The van der Waals surface area contributed by atoms with Gasteiger partial charge in [0.05, 0.1) is 6.54 Å². The van der Waals surface area contributed by atoms with E-state index in [-0.39, 0.29) is 22.8 Å². The van der Waals surface area contributed by atoms with Gasteiger partial charge in [0.2, 0.25) is 5.89 Å². The highest BCUT2D eigenvalue weighted by Gasteiger charge is 2.19. The number of aromatic nitrogens is 1. The molecule has 3 rings (SSSR count). The Morgan fingerprint density at radius 2 is 1.70 bits per heavy atom. The smallest absolute Gasteiger partial charge is 0.273 e. The molecular weight excluding hydrogens is 417 g/mol. The Morgan fingerprint density at radius 3 is 2.30 bits per heavy atom. The van der Waals surface area contributed by atoms with Crippen LogP contribution in [-0.2, 0) is 25.0 Å². The summed E-state index contributed by atoms with van der Waals surface area (Å²) < 4.78 is 18.6. The largest absolute Gasteiger partial charge is 0.447 e. The first-order valence-corrected chi connectivity index (χ1v) is 11.5. The number of carbonyl (C=O) groups excluding carboxylic acids is 1. The summed E-state index contributed by atoms with van der Waals surface area (Å²) in [6.45, 7) is 12.6. The van der Waals surface area contributed by atoms with Crippen molar-refractivity contribution in [1.29, 1.82) is 0 Å². The maximum atomic E-state index is 13.0. The number of benzene rings is 2. The van der Waals surface area contributed by atoms with Crippen molar-refractivity contribution in [1.82, 2.24) is 15.2 Å². The van der Waals surface area contributed by atoms with Crippen molar-refractivity contribution in [3.63, 3.8) is 0 Å². The van der Waals surface area contributed by atoms with Crippen LogP contribution in [0.15, 0.2) is 59.2 Å². The van der Waals surface area contributed by atoms with E-state index in [9.17, 15) is 9.18 Å². The minimum Gasteiger partial charge on any atom is -0.447 e. The Bertz CT molecular complexity index is 1040. The molecule has 0 radical (unpaired) electrons. The van der Waals surface area contributed by atoms with E-state index in [0.29, 0.717) is 25.0 Å². The van der Waals surface area contributed by atoms with Gasteiger partial charge in [-0.15, -0.1) is 0 Å². The fraction of sp³-hybridized carbons (Fsp3) is 0.407. The van der Waals surface area contributed by atoms with Crippen LogP contribution < -0.4 is 5.32 Å². The van der Waals surface area contributed by atoms with Crippen LogP contribution in [0, 0.1) is 5.82 Å². The van der Waals surface area contributed by atoms with Crippen LogP contribution >= 0.6 is 0 Å². The molecule has 0 aliphatic heterocycles. The number of carbonyl (C=O) groups is 1. The molecule has 1 amide bonds. The summed E-state index contributed by atoms with van der Waals surface area (Å²) in [5.41, 5.74) is 3.72. The molecule has 1 atom stereocenters. The maximum Gasteiger partial charge on any atom is 0.273 e. The lowest BCUT2D eigenvalue weighted by Crippen LogP contribution is -2.32. The molecule has 0 spiro atoms. The Balaban J connectivity index is 1.62. The number of nitrogens with zero attached hydrogens (tertiary/aromatic N) is 2. The molecule has 2 aromatic carbocycles. The lowest BCUT2D eigenvalue weighted by Gasteiger charge is -2.27. The van der Waals surface area contributed by atoms with Gasteiger partial charge in [-0.25, -0.2) is 9.37 Å². The number of hydrogen-bond acceptors (Lipinski definition) is 4. The Hall–Kier alpha value is -2.99. The zero-order valence-corrected chi connectivity index (χ0v) is 20.2. The number of halogens is 1. The summed E-state index contributed by atoms with van der Waals surface area (Å²) in [5.74, 6) is -0.113. The van der Waals surface area contributed by atoms with Crippen LogP contribution in [0.2, 0.25) is 0 Å². The second kappa shape index (κ2) is 10.8. The van der Waals surface area contributed by atoms with E-state index in [2.05, 4.69) is 74.1 Å².